The van der Waals surface area contributed by atoms with E-state index in [4.69, 9.17) is 26.1 Å². The van der Waals surface area contributed by atoms with E-state index < -0.39 is 23.3 Å². The fourth-order valence-electron chi connectivity index (χ4n) is 9.27. The molecule has 11 heteroatoms. The third-order valence-electron chi connectivity index (χ3n) is 11.3. The van der Waals surface area contributed by atoms with Gasteiger partial charge in [-0.15, -0.1) is 6.42 Å². The van der Waals surface area contributed by atoms with Crippen molar-refractivity contribution in [3.05, 3.63) is 47.2 Å². The first-order valence-electron chi connectivity index (χ1n) is 16.6. The molecule has 4 fully saturated rings. The van der Waals surface area contributed by atoms with Gasteiger partial charge in [0.25, 0.3) is 0 Å². The van der Waals surface area contributed by atoms with E-state index in [0.29, 0.717) is 47.8 Å². The first-order valence-corrected chi connectivity index (χ1v) is 16.6. The van der Waals surface area contributed by atoms with E-state index in [1.165, 1.54) is 24.3 Å². The molecule has 5 aliphatic heterocycles. The normalized spacial score (nSPS) is 29.6. The van der Waals surface area contributed by atoms with Gasteiger partial charge in [0.15, 0.2) is 5.82 Å². The topological polar surface area (TPSA) is 86.6 Å². The van der Waals surface area contributed by atoms with E-state index in [9.17, 15) is 9.50 Å². The average Bonchev–Trinajstić information content (AvgIpc) is 3.70. The predicted molar refractivity (Wildman–Crippen MR) is 172 cm³/mol. The summed E-state index contributed by atoms with van der Waals surface area (Å²) in [7, 11) is 0. The second kappa shape index (κ2) is 10.4. The van der Waals surface area contributed by atoms with Gasteiger partial charge < -0.3 is 20.1 Å². The van der Waals surface area contributed by atoms with E-state index in [1.807, 2.05) is 0 Å². The molecule has 6 atom stereocenters. The summed E-state index contributed by atoms with van der Waals surface area (Å²) in [6, 6.07) is 6.28. The number of hydrogen-bond acceptors (Lipinski definition) is 8. The first-order chi connectivity index (χ1) is 22.7. The number of phenolic OH excluding ortho intramolecular Hbond substituents is 1. The molecule has 2 N–H and O–H groups in total. The Morgan fingerprint density at radius 2 is 2.02 bits per heavy atom. The number of nitrogens with zero attached hydrogens (tertiary/aromatic N) is 5. The van der Waals surface area contributed by atoms with Crippen LogP contribution in [0.5, 0.6) is 11.8 Å². The molecule has 9 rings (SSSR count). The van der Waals surface area contributed by atoms with Crippen molar-refractivity contribution in [2.24, 2.45) is 0 Å². The average molecular weight is 641 g/mol. The van der Waals surface area contributed by atoms with Crippen molar-refractivity contribution >= 4 is 27.5 Å². The van der Waals surface area contributed by atoms with E-state index in [0.717, 1.165) is 38.6 Å². The van der Waals surface area contributed by atoms with Crippen molar-refractivity contribution < 1.29 is 23.0 Å². The summed E-state index contributed by atoms with van der Waals surface area (Å²) in [5.74, 6) is 1.43. The van der Waals surface area contributed by atoms with E-state index in [2.05, 4.69) is 28.0 Å². The largest absolute Gasteiger partial charge is 0.508 e. The van der Waals surface area contributed by atoms with Gasteiger partial charge in [0.05, 0.1) is 22.2 Å². The highest BCUT2D eigenvalue weighted by Crippen LogP contribution is 2.47. The lowest BCUT2D eigenvalue weighted by molar-refractivity contribution is 0.107. The second-order valence-electron chi connectivity index (χ2n) is 14.1. The van der Waals surface area contributed by atoms with Crippen LogP contribution in [0.3, 0.4) is 0 Å². The Bertz CT molecular complexity index is 2020. The fourth-order valence-corrected chi connectivity index (χ4v) is 9.27. The Kier molecular flexibility index (Phi) is 6.44. The number of benzene rings is 2. The molecule has 0 saturated carbocycles. The summed E-state index contributed by atoms with van der Waals surface area (Å²) in [5, 5.41) is 15.8. The maximum absolute atomic E-state index is 17.2. The van der Waals surface area contributed by atoms with E-state index in [-0.39, 0.29) is 64.1 Å². The number of pyridine rings is 1. The molecular formula is C36H35F3N6O2. The monoisotopic (exact) mass is 640 g/mol. The van der Waals surface area contributed by atoms with Crippen LogP contribution in [0.25, 0.3) is 32.9 Å². The Morgan fingerprint density at radius 1 is 1.15 bits per heavy atom. The molecule has 0 amide bonds. The van der Waals surface area contributed by atoms with Crippen molar-refractivity contribution in [3.8, 4) is 35.4 Å². The minimum atomic E-state index is -0.914. The first kappa shape index (κ1) is 29.0. The number of rotatable bonds is 4. The van der Waals surface area contributed by atoms with Crippen LogP contribution < -0.4 is 15.0 Å². The van der Waals surface area contributed by atoms with Crippen LogP contribution in [-0.2, 0) is 0 Å². The molecule has 0 radical (unpaired) electrons. The van der Waals surface area contributed by atoms with Crippen molar-refractivity contribution in [2.45, 2.75) is 81.2 Å². The molecule has 2 aromatic carbocycles. The molecule has 0 spiro atoms. The summed E-state index contributed by atoms with van der Waals surface area (Å²) in [6.45, 7) is 4.21. The van der Waals surface area contributed by atoms with Crippen molar-refractivity contribution in [2.75, 3.05) is 31.1 Å². The molecule has 242 valence electrons. The smallest absolute Gasteiger partial charge is 0.319 e. The molecule has 4 aromatic rings. The molecule has 7 heterocycles. The number of ether oxygens (including phenoxy) is 1. The maximum atomic E-state index is 17.2. The van der Waals surface area contributed by atoms with Crippen LogP contribution in [-0.4, -0.2) is 81.0 Å². The quantitative estimate of drug-likeness (QED) is 0.280. The van der Waals surface area contributed by atoms with Crippen molar-refractivity contribution in [3.63, 3.8) is 0 Å². The summed E-state index contributed by atoms with van der Waals surface area (Å²) in [6.07, 6.45) is 9.88. The number of phenols is 1. The van der Waals surface area contributed by atoms with Crippen LogP contribution in [0, 0.1) is 24.0 Å². The number of halogens is 3. The number of alkyl halides is 1. The molecule has 47 heavy (non-hydrogen) atoms. The summed E-state index contributed by atoms with van der Waals surface area (Å²) >= 11 is 0. The predicted octanol–water partition coefficient (Wildman–Crippen LogP) is 5.58. The third-order valence-corrected chi connectivity index (χ3v) is 11.3. The van der Waals surface area contributed by atoms with Crippen LogP contribution in [0.2, 0.25) is 0 Å². The molecule has 2 bridgehead atoms. The number of nitrogens with one attached hydrogen (secondary N) is 1. The summed E-state index contributed by atoms with van der Waals surface area (Å²) in [4.78, 5) is 19.1. The second-order valence-corrected chi connectivity index (χ2v) is 14.1. The molecule has 2 aromatic heterocycles. The van der Waals surface area contributed by atoms with Crippen LogP contribution >= 0.6 is 0 Å². The van der Waals surface area contributed by atoms with Gasteiger partial charge in [0.2, 0.25) is 0 Å². The zero-order chi connectivity index (χ0) is 32.2. The van der Waals surface area contributed by atoms with Gasteiger partial charge in [-0.05, 0) is 62.2 Å². The van der Waals surface area contributed by atoms with Gasteiger partial charge in [-0.25, -0.2) is 18.2 Å². The minimum Gasteiger partial charge on any atom is -0.508 e. The fraction of sp³-hybridized carbons (Fsp3) is 0.472. The van der Waals surface area contributed by atoms with Crippen LogP contribution in [0.1, 0.15) is 62.6 Å². The van der Waals surface area contributed by atoms with Gasteiger partial charge in [0, 0.05) is 54.5 Å². The molecule has 5 aliphatic rings. The highest BCUT2D eigenvalue weighted by atomic mass is 19.1. The van der Waals surface area contributed by atoms with Gasteiger partial charge in [-0.1, -0.05) is 18.9 Å². The summed E-state index contributed by atoms with van der Waals surface area (Å²) < 4.78 is 53.1. The molecular weight excluding hydrogens is 605 g/mol. The third kappa shape index (κ3) is 4.34. The number of hydrogen-bond donors (Lipinski definition) is 2. The van der Waals surface area contributed by atoms with Crippen molar-refractivity contribution in [1.29, 1.82) is 0 Å². The lowest BCUT2D eigenvalue weighted by Gasteiger charge is -2.41. The van der Waals surface area contributed by atoms with Gasteiger partial charge >= 0.3 is 6.01 Å². The van der Waals surface area contributed by atoms with Gasteiger partial charge in [0.1, 0.15) is 41.4 Å². The molecule has 0 aliphatic carbocycles. The minimum absolute atomic E-state index is 0.0348. The van der Waals surface area contributed by atoms with Crippen molar-refractivity contribution in [1.82, 2.24) is 25.2 Å². The molecule has 8 nitrogen and oxygen atoms in total. The lowest BCUT2D eigenvalue weighted by Crippen LogP contribution is -2.58. The zero-order valence-corrected chi connectivity index (χ0v) is 26.1. The zero-order valence-electron chi connectivity index (χ0n) is 26.1. The lowest BCUT2D eigenvalue weighted by atomic mass is 9.91. The number of piperazine rings is 1. The maximum Gasteiger partial charge on any atom is 0.319 e. The number of aromatic nitrogens is 3. The SMILES string of the molecule is C#Cc1c(F)ccc2cc(O)cc(-c3nc4c5c(nc(OC[C@@]67CCCN6C[C@H](F)C7)nc5c3F)N3C[C@H]5CC[C@H](N5)[C@H]3C[C@@H]4C)c12. The molecule has 4 saturated heterocycles. The van der Waals surface area contributed by atoms with E-state index in [1.54, 1.807) is 0 Å². The Morgan fingerprint density at radius 3 is 2.87 bits per heavy atom. The molecule has 0 unspecified atom stereocenters. The number of anilines is 1. The Balaban J connectivity index is 1.27. The van der Waals surface area contributed by atoms with Crippen LogP contribution in [0.15, 0.2) is 24.3 Å². The van der Waals surface area contributed by atoms with Gasteiger partial charge in [-0.2, -0.15) is 9.97 Å². The highest BCUT2D eigenvalue weighted by Gasteiger charge is 2.50. The highest BCUT2D eigenvalue weighted by molar-refractivity contribution is 6.03. The van der Waals surface area contributed by atoms with Crippen LogP contribution in [0.4, 0.5) is 19.0 Å². The Labute approximate surface area is 270 Å². The number of terminal acetylenes is 1. The number of fused-ring (bicyclic) bond motifs is 7. The van der Waals surface area contributed by atoms with E-state index >= 15 is 8.78 Å². The Hall–Kier alpha value is -4.14. The standard InChI is InChI=1S/C36H35F3N6O2/c1-3-23-25(38)7-5-19-12-22(46)13-24(28(19)23)32-30(39)33-29-31(41-32)18(2)11-27-26-8-6-21(40-26)16-45(27)34(29)43-35(42-33)47-17-36-9-4-10-44(36)15-20(37)14-36/h1,5,7,12-13,18,20-21,26-27,40,46H,4,6,8-11,14-17H2,2H3/t18-,20+,21+,26-,27+,36-/m0/s1. The summed E-state index contributed by atoms with van der Waals surface area (Å²) in [5.41, 5.74) is 0.326. The number of aromatic hydroxyl groups is 1. The van der Waals surface area contributed by atoms with Gasteiger partial charge in [-0.3, -0.25) is 4.90 Å².